The Hall–Kier alpha value is -1.89. The van der Waals surface area contributed by atoms with E-state index in [9.17, 15) is 14.4 Å². The fourth-order valence-electron chi connectivity index (χ4n) is 0.504. The number of primary amides is 1. The van der Waals surface area contributed by atoms with Gasteiger partial charge < -0.3 is 20.7 Å². The highest BCUT2D eigenvalue weighted by atomic mass is 16.6. The summed E-state index contributed by atoms with van der Waals surface area (Å²) in [5, 5.41) is 16.6. The fraction of sp³-hybridized carbons (Fsp3) is 0.286. The van der Waals surface area contributed by atoms with Gasteiger partial charge in [0.05, 0.1) is 6.61 Å². The van der Waals surface area contributed by atoms with E-state index in [-0.39, 0.29) is 0 Å². The molecule has 0 aromatic heterocycles. The molecule has 0 aromatic rings. The number of carbonyl (C=O) groups excluding carboxylic acids is 2. The summed E-state index contributed by atoms with van der Waals surface area (Å²) >= 11 is 0. The van der Waals surface area contributed by atoms with Crippen LogP contribution in [0.3, 0.4) is 0 Å². The molecule has 0 saturated carbocycles. The molecule has 0 unspecified atom stereocenters. The summed E-state index contributed by atoms with van der Waals surface area (Å²) in [5.74, 6) is -3.41. The molecule has 0 radical (unpaired) electrons. The highest BCUT2D eigenvalue weighted by Gasteiger charge is 2.17. The minimum Gasteiger partial charge on any atom is -0.478 e. The van der Waals surface area contributed by atoms with Crippen LogP contribution in [0, 0.1) is 0 Å². The first-order valence-corrected chi connectivity index (χ1v) is 3.49. The maximum absolute atomic E-state index is 10.7. The van der Waals surface area contributed by atoms with Crippen molar-refractivity contribution in [2.75, 3.05) is 6.61 Å². The van der Waals surface area contributed by atoms with Crippen molar-refractivity contribution < 1.29 is 29.3 Å². The third kappa shape index (κ3) is 4.88. The number of carboxylic acid groups (broad SMARTS) is 1. The van der Waals surface area contributed by atoms with Crippen LogP contribution in [-0.4, -0.2) is 40.8 Å². The summed E-state index contributed by atoms with van der Waals surface area (Å²) in [7, 11) is 0. The van der Waals surface area contributed by atoms with Crippen LogP contribution >= 0.6 is 0 Å². The third-order valence-corrected chi connectivity index (χ3v) is 1.10. The Bertz CT molecular complexity index is 271. The van der Waals surface area contributed by atoms with Gasteiger partial charge in [-0.2, -0.15) is 0 Å². The Labute approximate surface area is 78.8 Å². The molecule has 0 spiro atoms. The van der Waals surface area contributed by atoms with Crippen molar-refractivity contribution in [2.24, 2.45) is 5.73 Å². The van der Waals surface area contributed by atoms with Crippen molar-refractivity contribution in [3.05, 3.63) is 12.2 Å². The average Bonchev–Trinajstić information content (AvgIpc) is 2.10. The van der Waals surface area contributed by atoms with Gasteiger partial charge in [-0.15, -0.1) is 0 Å². The molecule has 0 aliphatic carbocycles. The molecule has 0 rings (SSSR count). The molecule has 1 amide bonds. The smallest absolute Gasteiger partial charge is 0.331 e. The molecule has 78 valence electrons. The molecule has 0 fully saturated rings. The molecule has 0 aromatic carbocycles. The van der Waals surface area contributed by atoms with Gasteiger partial charge in [0, 0.05) is 12.2 Å². The first-order valence-electron chi connectivity index (χ1n) is 3.49. The van der Waals surface area contributed by atoms with Gasteiger partial charge in [-0.05, 0) is 0 Å². The van der Waals surface area contributed by atoms with Crippen molar-refractivity contribution in [3.63, 3.8) is 0 Å². The zero-order chi connectivity index (χ0) is 11.1. The number of ether oxygens (including phenoxy) is 1. The quantitative estimate of drug-likeness (QED) is 0.351. The second kappa shape index (κ2) is 5.70. The van der Waals surface area contributed by atoms with Gasteiger partial charge in [-0.1, -0.05) is 0 Å². The Morgan fingerprint density at radius 3 is 2.29 bits per heavy atom. The Balaban J connectivity index is 4.17. The SMILES string of the molecule is NC(=O)[C@H](CO)OC(=O)/C=C\C(=O)O. The number of nitrogens with two attached hydrogens (primary N) is 1. The maximum Gasteiger partial charge on any atom is 0.331 e. The molecular weight excluding hydrogens is 194 g/mol. The Morgan fingerprint density at radius 2 is 1.93 bits per heavy atom. The second-order valence-corrected chi connectivity index (χ2v) is 2.18. The van der Waals surface area contributed by atoms with Gasteiger partial charge >= 0.3 is 11.9 Å². The second-order valence-electron chi connectivity index (χ2n) is 2.18. The average molecular weight is 203 g/mol. The molecule has 7 heteroatoms. The number of aliphatic carboxylic acids is 1. The molecule has 0 saturated heterocycles. The number of aliphatic hydroxyl groups excluding tert-OH is 1. The lowest BCUT2D eigenvalue weighted by atomic mass is 10.3. The predicted molar refractivity (Wildman–Crippen MR) is 42.9 cm³/mol. The minimum atomic E-state index is -1.46. The summed E-state index contributed by atoms with van der Waals surface area (Å²) < 4.78 is 4.30. The van der Waals surface area contributed by atoms with Crippen molar-refractivity contribution in [2.45, 2.75) is 6.10 Å². The molecule has 1 atom stereocenters. The summed E-state index contributed by atoms with van der Waals surface area (Å²) in [5.41, 5.74) is 4.73. The van der Waals surface area contributed by atoms with Crippen LogP contribution in [0.5, 0.6) is 0 Å². The largest absolute Gasteiger partial charge is 0.478 e. The number of aliphatic hydroxyl groups is 1. The van der Waals surface area contributed by atoms with Crippen LogP contribution in [0.1, 0.15) is 0 Å². The lowest BCUT2D eigenvalue weighted by Crippen LogP contribution is -2.35. The number of esters is 1. The van der Waals surface area contributed by atoms with Crippen molar-refractivity contribution in [3.8, 4) is 0 Å². The molecular formula is C7H9NO6. The number of hydrogen-bond acceptors (Lipinski definition) is 5. The highest BCUT2D eigenvalue weighted by Crippen LogP contribution is 1.92. The lowest BCUT2D eigenvalue weighted by Gasteiger charge is -2.09. The van der Waals surface area contributed by atoms with Gasteiger partial charge in [0.25, 0.3) is 5.91 Å². The van der Waals surface area contributed by atoms with E-state index in [0.29, 0.717) is 12.2 Å². The topological polar surface area (TPSA) is 127 Å². The molecule has 7 nitrogen and oxygen atoms in total. The number of hydrogen-bond donors (Lipinski definition) is 3. The fourth-order valence-corrected chi connectivity index (χ4v) is 0.504. The normalized spacial score (nSPS) is 12.4. The van der Waals surface area contributed by atoms with Crippen LogP contribution < -0.4 is 5.73 Å². The number of carboxylic acids is 1. The van der Waals surface area contributed by atoms with Gasteiger partial charge in [0.1, 0.15) is 0 Å². The van der Waals surface area contributed by atoms with Crippen LogP contribution in [0.25, 0.3) is 0 Å². The van der Waals surface area contributed by atoms with E-state index >= 15 is 0 Å². The highest BCUT2D eigenvalue weighted by molar-refractivity contribution is 5.92. The summed E-state index contributed by atoms with van der Waals surface area (Å²) in [6, 6.07) is 0. The Morgan fingerprint density at radius 1 is 1.36 bits per heavy atom. The van der Waals surface area contributed by atoms with Crippen molar-refractivity contribution in [1.29, 1.82) is 0 Å². The van der Waals surface area contributed by atoms with E-state index in [1.807, 2.05) is 0 Å². The van der Waals surface area contributed by atoms with Crippen LogP contribution in [-0.2, 0) is 19.1 Å². The van der Waals surface area contributed by atoms with Gasteiger partial charge in [0.2, 0.25) is 6.10 Å². The molecule has 14 heavy (non-hydrogen) atoms. The van der Waals surface area contributed by atoms with Crippen molar-refractivity contribution >= 4 is 17.8 Å². The van der Waals surface area contributed by atoms with E-state index in [1.165, 1.54) is 0 Å². The van der Waals surface area contributed by atoms with Gasteiger partial charge in [-0.3, -0.25) is 4.79 Å². The lowest BCUT2D eigenvalue weighted by molar-refractivity contribution is -0.152. The van der Waals surface area contributed by atoms with Gasteiger partial charge in [-0.25, -0.2) is 9.59 Å². The van der Waals surface area contributed by atoms with E-state index in [4.69, 9.17) is 15.9 Å². The maximum atomic E-state index is 10.7. The minimum absolute atomic E-state index is 0.539. The molecule has 0 aliphatic rings. The number of carbonyl (C=O) groups is 3. The summed E-state index contributed by atoms with van der Waals surface area (Å²) in [6.07, 6.45) is -0.313. The third-order valence-electron chi connectivity index (χ3n) is 1.10. The first-order chi connectivity index (χ1) is 6.47. The summed E-state index contributed by atoms with van der Waals surface area (Å²) in [6.45, 7) is -0.748. The predicted octanol–water partition coefficient (Wildman–Crippen LogP) is -1.98. The van der Waals surface area contributed by atoms with E-state index < -0.39 is 30.6 Å². The van der Waals surface area contributed by atoms with E-state index in [0.717, 1.165) is 0 Å². The number of amides is 1. The summed E-state index contributed by atoms with van der Waals surface area (Å²) in [4.78, 5) is 31.1. The van der Waals surface area contributed by atoms with Gasteiger partial charge in [0.15, 0.2) is 0 Å². The van der Waals surface area contributed by atoms with Crippen LogP contribution in [0.4, 0.5) is 0 Å². The van der Waals surface area contributed by atoms with Crippen molar-refractivity contribution in [1.82, 2.24) is 0 Å². The van der Waals surface area contributed by atoms with E-state index in [2.05, 4.69) is 4.74 Å². The molecule has 0 bridgehead atoms. The zero-order valence-corrected chi connectivity index (χ0v) is 7.04. The standard InChI is InChI=1S/C7H9NO6/c8-7(13)4(3-9)14-6(12)2-1-5(10)11/h1-2,4,9H,3H2,(H2,8,13)(H,10,11)/b2-1-/t4-/m0/s1. The molecule has 4 N–H and O–H groups in total. The first kappa shape index (κ1) is 12.1. The Kier molecular flexibility index (Phi) is 4.93. The monoisotopic (exact) mass is 203 g/mol. The van der Waals surface area contributed by atoms with Crippen LogP contribution in [0.15, 0.2) is 12.2 Å². The van der Waals surface area contributed by atoms with E-state index in [1.54, 1.807) is 0 Å². The number of rotatable bonds is 5. The molecule has 0 aliphatic heterocycles. The van der Waals surface area contributed by atoms with Crippen LogP contribution in [0.2, 0.25) is 0 Å². The molecule has 0 heterocycles. The zero-order valence-electron chi connectivity index (χ0n) is 7.04.